The molecule has 0 saturated carbocycles. The predicted octanol–water partition coefficient (Wildman–Crippen LogP) is 3.65. The van der Waals surface area contributed by atoms with Crippen LogP contribution in [0.25, 0.3) is 0 Å². The van der Waals surface area contributed by atoms with E-state index in [2.05, 4.69) is 5.32 Å². The third-order valence-electron chi connectivity index (χ3n) is 3.52. The summed E-state index contributed by atoms with van der Waals surface area (Å²) in [5.41, 5.74) is 0.669. The number of rotatable bonds is 5. The van der Waals surface area contributed by atoms with E-state index in [0.717, 1.165) is 17.7 Å². The lowest BCUT2D eigenvalue weighted by Crippen LogP contribution is -2.35. The fraction of sp³-hybridized carbons (Fsp3) is 0.235. The predicted molar refractivity (Wildman–Crippen MR) is 86.6 cm³/mol. The molecule has 0 saturated heterocycles. The molecule has 122 valence electrons. The van der Waals surface area contributed by atoms with Gasteiger partial charge in [0.25, 0.3) is 5.91 Å². The van der Waals surface area contributed by atoms with Crippen molar-refractivity contribution in [2.24, 2.45) is 0 Å². The first kappa shape index (κ1) is 17.4. The monoisotopic (exact) mass is 338 g/mol. The Kier molecular flexibility index (Phi) is 5.69. The molecule has 1 N–H and O–H groups in total. The van der Waals surface area contributed by atoms with E-state index in [1.165, 1.54) is 0 Å². The third-order valence-corrected chi connectivity index (χ3v) is 3.86. The van der Waals surface area contributed by atoms with E-state index in [1.807, 2.05) is 37.2 Å². The number of nitrogens with one attached hydrogen (secondary N) is 1. The van der Waals surface area contributed by atoms with Crippen molar-refractivity contribution in [3.05, 3.63) is 70.2 Å². The van der Waals surface area contributed by atoms with Crippen molar-refractivity contribution < 1.29 is 13.6 Å². The third kappa shape index (κ3) is 4.27. The summed E-state index contributed by atoms with van der Waals surface area (Å²) in [4.78, 5) is 14.0. The smallest absolute Gasteiger partial charge is 0.254 e. The van der Waals surface area contributed by atoms with Crippen molar-refractivity contribution in [3.63, 3.8) is 0 Å². The molecule has 0 aromatic heterocycles. The first-order valence-electron chi connectivity index (χ1n) is 7.04. The van der Waals surface area contributed by atoms with Gasteiger partial charge in [0.05, 0.1) is 11.6 Å². The molecule has 2 aromatic rings. The molecule has 0 bridgehead atoms. The van der Waals surface area contributed by atoms with E-state index in [4.69, 9.17) is 11.6 Å². The van der Waals surface area contributed by atoms with Gasteiger partial charge < -0.3 is 10.2 Å². The van der Waals surface area contributed by atoms with Gasteiger partial charge in [-0.1, -0.05) is 29.8 Å². The van der Waals surface area contributed by atoms with E-state index in [9.17, 15) is 13.6 Å². The Morgan fingerprint density at radius 3 is 2.52 bits per heavy atom. The molecule has 6 heteroatoms. The second-order valence-electron chi connectivity index (χ2n) is 5.34. The quantitative estimate of drug-likeness (QED) is 0.902. The van der Waals surface area contributed by atoms with E-state index in [-0.39, 0.29) is 18.2 Å². The Labute approximate surface area is 138 Å². The molecule has 2 aromatic carbocycles. The average Bonchev–Trinajstić information content (AvgIpc) is 2.48. The molecule has 3 nitrogen and oxygen atoms in total. The van der Waals surface area contributed by atoms with Gasteiger partial charge in [0.2, 0.25) is 0 Å². The van der Waals surface area contributed by atoms with E-state index < -0.39 is 17.5 Å². The summed E-state index contributed by atoms with van der Waals surface area (Å²) < 4.78 is 26.5. The Bertz CT molecular complexity index is 707. The van der Waals surface area contributed by atoms with Crippen LogP contribution in [-0.2, 0) is 0 Å². The molecule has 0 fully saturated rings. The van der Waals surface area contributed by atoms with Gasteiger partial charge in [0.15, 0.2) is 0 Å². The Hall–Kier alpha value is -1.98. The van der Waals surface area contributed by atoms with Crippen molar-refractivity contribution >= 4 is 17.5 Å². The molecular formula is C17H17ClF2N2O. The highest BCUT2D eigenvalue weighted by molar-refractivity contribution is 6.31. The molecule has 0 spiro atoms. The van der Waals surface area contributed by atoms with Crippen molar-refractivity contribution in [2.45, 2.75) is 6.04 Å². The number of hydrogen-bond acceptors (Lipinski definition) is 2. The molecule has 1 amide bonds. The molecule has 0 aliphatic carbocycles. The van der Waals surface area contributed by atoms with Crippen molar-refractivity contribution in [3.8, 4) is 0 Å². The molecule has 1 unspecified atom stereocenters. The minimum Gasteiger partial charge on any atom is -0.350 e. The second kappa shape index (κ2) is 7.53. The van der Waals surface area contributed by atoms with Crippen LogP contribution >= 0.6 is 11.6 Å². The number of amides is 1. The Morgan fingerprint density at radius 2 is 1.91 bits per heavy atom. The standard InChI is InChI=1S/C17H17ClF2N2O/c1-22(2)16(12-5-3-4-6-14(12)18)10-21-17(23)13-8-7-11(19)9-15(13)20/h3-9,16H,10H2,1-2H3,(H,21,23). The Balaban J connectivity index is 2.13. The first-order chi connectivity index (χ1) is 10.9. The average molecular weight is 339 g/mol. The van der Waals surface area contributed by atoms with Crippen LogP contribution in [0.3, 0.4) is 0 Å². The maximum Gasteiger partial charge on any atom is 0.254 e. The van der Waals surface area contributed by atoms with Gasteiger partial charge in [-0.15, -0.1) is 0 Å². The van der Waals surface area contributed by atoms with Crippen molar-refractivity contribution in [1.82, 2.24) is 10.2 Å². The second-order valence-corrected chi connectivity index (χ2v) is 5.74. The normalized spacial score (nSPS) is 12.3. The fourth-order valence-electron chi connectivity index (χ4n) is 2.27. The van der Waals surface area contributed by atoms with Crippen LogP contribution in [-0.4, -0.2) is 31.4 Å². The van der Waals surface area contributed by atoms with Crippen molar-refractivity contribution in [1.29, 1.82) is 0 Å². The summed E-state index contributed by atoms with van der Waals surface area (Å²) in [7, 11) is 3.72. The minimum atomic E-state index is -0.887. The topological polar surface area (TPSA) is 32.3 Å². The fourth-order valence-corrected chi connectivity index (χ4v) is 2.54. The number of carbonyl (C=O) groups is 1. The molecule has 0 heterocycles. The molecule has 0 radical (unpaired) electrons. The van der Waals surface area contributed by atoms with Gasteiger partial charge in [-0.2, -0.15) is 0 Å². The molecule has 23 heavy (non-hydrogen) atoms. The lowest BCUT2D eigenvalue weighted by molar-refractivity contribution is 0.0938. The van der Waals surface area contributed by atoms with Crippen LogP contribution in [0.5, 0.6) is 0 Å². The summed E-state index contributed by atoms with van der Waals surface area (Å²) in [6, 6.07) is 10.0. The van der Waals surface area contributed by atoms with Gasteiger partial charge >= 0.3 is 0 Å². The van der Waals surface area contributed by atoms with Crippen LogP contribution in [0.15, 0.2) is 42.5 Å². The number of nitrogens with zero attached hydrogens (tertiary/aromatic N) is 1. The van der Waals surface area contributed by atoms with Gasteiger partial charge in [0, 0.05) is 17.6 Å². The van der Waals surface area contributed by atoms with Crippen LogP contribution < -0.4 is 5.32 Å². The SMILES string of the molecule is CN(C)C(CNC(=O)c1ccc(F)cc1F)c1ccccc1Cl. The molecule has 0 aliphatic heterocycles. The molecule has 2 rings (SSSR count). The highest BCUT2D eigenvalue weighted by atomic mass is 35.5. The van der Waals surface area contributed by atoms with Crippen LogP contribution in [0.4, 0.5) is 8.78 Å². The highest BCUT2D eigenvalue weighted by Crippen LogP contribution is 2.25. The minimum absolute atomic E-state index is 0.170. The van der Waals surface area contributed by atoms with Gasteiger partial charge in [-0.05, 0) is 37.9 Å². The maximum atomic E-state index is 13.6. The number of carbonyl (C=O) groups excluding carboxylic acids is 1. The summed E-state index contributed by atoms with van der Waals surface area (Å²) in [6.45, 7) is 0.242. The summed E-state index contributed by atoms with van der Waals surface area (Å²) in [5.74, 6) is -2.20. The lowest BCUT2D eigenvalue weighted by atomic mass is 10.1. The molecule has 1 atom stereocenters. The van der Waals surface area contributed by atoms with Crippen molar-refractivity contribution in [2.75, 3.05) is 20.6 Å². The molecular weight excluding hydrogens is 322 g/mol. The zero-order chi connectivity index (χ0) is 17.0. The first-order valence-corrected chi connectivity index (χ1v) is 7.42. The highest BCUT2D eigenvalue weighted by Gasteiger charge is 2.19. The number of hydrogen-bond donors (Lipinski definition) is 1. The van der Waals surface area contributed by atoms with Crippen LogP contribution in [0, 0.1) is 11.6 Å². The zero-order valence-electron chi connectivity index (χ0n) is 12.8. The largest absolute Gasteiger partial charge is 0.350 e. The van der Waals surface area contributed by atoms with E-state index in [0.29, 0.717) is 11.1 Å². The van der Waals surface area contributed by atoms with E-state index >= 15 is 0 Å². The van der Waals surface area contributed by atoms with Crippen LogP contribution in [0.2, 0.25) is 5.02 Å². The number of benzene rings is 2. The number of likely N-dealkylation sites (N-methyl/N-ethyl adjacent to an activating group) is 1. The number of halogens is 3. The van der Waals surface area contributed by atoms with Gasteiger partial charge in [-0.25, -0.2) is 8.78 Å². The van der Waals surface area contributed by atoms with Gasteiger partial charge in [-0.3, -0.25) is 4.79 Å². The van der Waals surface area contributed by atoms with Crippen LogP contribution in [0.1, 0.15) is 22.0 Å². The zero-order valence-corrected chi connectivity index (χ0v) is 13.6. The van der Waals surface area contributed by atoms with Gasteiger partial charge in [0.1, 0.15) is 11.6 Å². The molecule has 0 aliphatic rings. The summed E-state index contributed by atoms with van der Waals surface area (Å²) in [5, 5.41) is 3.26. The summed E-state index contributed by atoms with van der Waals surface area (Å²) in [6.07, 6.45) is 0. The maximum absolute atomic E-state index is 13.6. The van der Waals surface area contributed by atoms with E-state index in [1.54, 1.807) is 6.07 Å². The lowest BCUT2D eigenvalue weighted by Gasteiger charge is -2.26. The summed E-state index contributed by atoms with van der Waals surface area (Å²) >= 11 is 6.20. The Morgan fingerprint density at radius 1 is 1.22 bits per heavy atom.